The summed E-state index contributed by atoms with van der Waals surface area (Å²) in [5.41, 5.74) is 0.811. The zero-order valence-electron chi connectivity index (χ0n) is 7.81. The van der Waals surface area contributed by atoms with E-state index in [1.165, 1.54) is 0 Å². The Morgan fingerprint density at radius 2 is 2.33 bits per heavy atom. The fraction of sp³-hybridized carbons (Fsp3) is 0.182. The van der Waals surface area contributed by atoms with E-state index >= 15 is 0 Å². The molecule has 0 saturated heterocycles. The van der Waals surface area contributed by atoms with E-state index in [1.807, 2.05) is 6.08 Å². The molecule has 1 N–H and O–H groups in total. The van der Waals surface area contributed by atoms with Gasteiger partial charge in [-0.1, -0.05) is 23.8 Å². The summed E-state index contributed by atoms with van der Waals surface area (Å²) in [6.07, 6.45) is 3.15. The monoisotopic (exact) mass is 224 g/mol. The van der Waals surface area contributed by atoms with E-state index in [1.54, 1.807) is 24.3 Å². The quantitative estimate of drug-likeness (QED) is 0.798. The number of carboxylic acids is 1. The second-order valence-corrected chi connectivity index (χ2v) is 3.70. The molecule has 0 aliphatic carbocycles. The first-order valence-corrected chi connectivity index (χ1v) is 4.90. The Balaban J connectivity index is 2.36. The lowest BCUT2D eigenvalue weighted by Gasteiger charge is -2.12. The minimum absolute atomic E-state index is 0.363. The van der Waals surface area contributed by atoms with Crippen molar-refractivity contribution in [3.63, 3.8) is 0 Å². The zero-order valence-corrected chi connectivity index (χ0v) is 8.57. The number of aliphatic carboxylic acids is 1. The minimum Gasteiger partial charge on any atom is -0.478 e. The van der Waals surface area contributed by atoms with Crippen molar-refractivity contribution in [3.8, 4) is 5.75 Å². The molecule has 78 valence electrons. The standard InChI is InChI=1S/C11H9ClO3/c12-8-4-5-9-7(6-8)2-1-3-10(15-9)11(13)14/h1-2,4-6,10H,3H2,(H,13,14)/t10-/m1/s1. The van der Waals surface area contributed by atoms with Crippen LogP contribution in [-0.4, -0.2) is 17.2 Å². The summed E-state index contributed by atoms with van der Waals surface area (Å²) in [7, 11) is 0. The SMILES string of the molecule is O=C(O)[C@H]1CC=Cc2cc(Cl)ccc2O1. The molecule has 1 aliphatic rings. The normalized spacial score (nSPS) is 18.9. The van der Waals surface area contributed by atoms with Crippen LogP contribution in [0.4, 0.5) is 0 Å². The van der Waals surface area contributed by atoms with E-state index in [0.717, 1.165) is 5.56 Å². The van der Waals surface area contributed by atoms with Gasteiger partial charge in [-0.3, -0.25) is 0 Å². The number of carboxylic acid groups (broad SMARTS) is 1. The summed E-state index contributed by atoms with van der Waals surface area (Å²) < 4.78 is 5.35. The van der Waals surface area contributed by atoms with Gasteiger partial charge in [-0.05, 0) is 18.2 Å². The van der Waals surface area contributed by atoms with Gasteiger partial charge in [-0.15, -0.1) is 0 Å². The Bertz CT molecular complexity index is 426. The second kappa shape index (κ2) is 3.95. The topological polar surface area (TPSA) is 46.5 Å². The molecule has 1 aromatic carbocycles. The molecule has 1 aliphatic heterocycles. The maximum atomic E-state index is 10.8. The second-order valence-electron chi connectivity index (χ2n) is 3.26. The number of benzene rings is 1. The van der Waals surface area contributed by atoms with Gasteiger partial charge in [-0.25, -0.2) is 4.79 Å². The van der Waals surface area contributed by atoms with Crippen molar-refractivity contribution in [2.45, 2.75) is 12.5 Å². The lowest BCUT2D eigenvalue weighted by atomic mass is 10.2. The van der Waals surface area contributed by atoms with Crippen molar-refractivity contribution in [2.75, 3.05) is 0 Å². The van der Waals surface area contributed by atoms with Crippen LogP contribution in [0.1, 0.15) is 12.0 Å². The molecular formula is C11H9ClO3. The number of carbonyl (C=O) groups is 1. The first-order valence-electron chi connectivity index (χ1n) is 4.52. The van der Waals surface area contributed by atoms with Crippen molar-refractivity contribution in [1.82, 2.24) is 0 Å². The Morgan fingerprint density at radius 1 is 1.53 bits per heavy atom. The maximum Gasteiger partial charge on any atom is 0.345 e. The lowest BCUT2D eigenvalue weighted by Crippen LogP contribution is -2.25. The van der Waals surface area contributed by atoms with Crippen molar-refractivity contribution in [3.05, 3.63) is 34.9 Å². The highest BCUT2D eigenvalue weighted by atomic mass is 35.5. The number of hydrogen-bond donors (Lipinski definition) is 1. The largest absolute Gasteiger partial charge is 0.478 e. The van der Waals surface area contributed by atoms with E-state index in [0.29, 0.717) is 17.2 Å². The summed E-state index contributed by atoms with van der Waals surface area (Å²) in [6, 6.07) is 5.11. The Labute approximate surface area is 91.9 Å². The fourth-order valence-corrected chi connectivity index (χ4v) is 1.61. The molecule has 15 heavy (non-hydrogen) atoms. The van der Waals surface area contributed by atoms with Crippen LogP contribution in [0.25, 0.3) is 6.08 Å². The summed E-state index contributed by atoms with van der Waals surface area (Å²) >= 11 is 5.82. The van der Waals surface area contributed by atoms with Crippen LogP contribution >= 0.6 is 11.6 Å². The molecule has 1 aromatic rings. The lowest BCUT2D eigenvalue weighted by molar-refractivity contribution is -0.144. The van der Waals surface area contributed by atoms with Crippen LogP contribution in [0.3, 0.4) is 0 Å². The molecule has 0 unspecified atom stereocenters. The van der Waals surface area contributed by atoms with Gasteiger partial charge in [0, 0.05) is 17.0 Å². The van der Waals surface area contributed by atoms with Gasteiger partial charge in [0.15, 0.2) is 6.10 Å². The molecule has 0 saturated carbocycles. The number of fused-ring (bicyclic) bond motifs is 1. The van der Waals surface area contributed by atoms with Gasteiger partial charge in [-0.2, -0.15) is 0 Å². The van der Waals surface area contributed by atoms with Crippen molar-refractivity contribution < 1.29 is 14.6 Å². The number of rotatable bonds is 1. The molecule has 3 nitrogen and oxygen atoms in total. The van der Waals surface area contributed by atoms with E-state index in [2.05, 4.69) is 0 Å². The highest BCUT2D eigenvalue weighted by Gasteiger charge is 2.20. The Kier molecular flexibility index (Phi) is 2.64. The highest BCUT2D eigenvalue weighted by molar-refractivity contribution is 6.30. The molecule has 0 radical (unpaired) electrons. The molecule has 1 atom stereocenters. The van der Waals surface area contributed by atoms with Gasteiger partial charge in [0.2, 0.25) is 0 Å². The van der Waals surface area contributed by atoms with Gasteiger partial charge in [0.05, 0.1) is 0 Å². The first-order chi connectivity index (χ1) is 7.16. The van der Waals surface area contributed by atoms with Crippen LogP contribution in [0.2, 0.25) is 5.02 Å². The Hall–Kier alpha value is -1.48. The van der Waals surface area contributed by atoms with Gasteiger partial charge < -0.3 is 9.84 Å². The molecule has 0 amide bonds. The van der Waals surface area contributed by atoms with Crippen molar-refractivity contribution in [1.29, 1.82) is 0 Å². The van der Waals surface area contributed by atoms with Crippen LogP contribution < -0.4 is 4.74 Å². The molecular weight excluding hydrogens is 216 g/mol. The molecule has 0 aromatic heterocycles. The molecule has 2 rings (SSSR count). The summed E-state index contributed by atoms with van der Waals surface area (Å²) in [6.45, 7) is 0. The van der Waals surface area contributed by atoms with Crippen molar-refractivity contribution in [2.24, 2.45) is 0 Å². The van der Waals surface area contributed by atoms with Crippen LogP contribution in [0, 0.1) is 0 Å². The average Bonchev–Trinajstić information content (AvgIpc) is 2.39. The molecule has 0 bridgehead atoms. The predicted molar refractivity (Wildman–Crippen MR) is 57.2 cm³/mol. The third-order valence-electron chi connectivity index (χ3n) is 2.16. The predicted octanol–water partition coefficient (Wildman–Crippen LogP) is 2.59. The van der Waals surface area contributed by atoms with E-state index in [-0.39, 0.29) is 0 Å². The third kappa shape index (κ3) is 2.13. The smallest absolute Gasteiger partial charge is 0.345 e. The number of hydrogen-bond acceptors (Lipinski definition) is 2. The minimum atomic E-state index is -0.956. The molecule has 1 heterocycles. The summed E-state index contributed by atoms with van der Waals surface area (Å²) in [5.74, 6) is -0.400. The van der Waals surface area contributed by atoms with E-state index < -0.39 is 12.1 Å². The summed E-state index contributed by atoms with van der Waals surface area (Å²) in [5, 5.41) is 9.47. The first kappa shape index (κ1) is 10.1. The molecule has 0 fully saturated rings. The van der Waals surface area contributed by atoms with Gasteiger partial charge in [0.25, 0.3) is 0 Å². The number of ether oxygens (including phenoxy) is 1. The van der Waals surface area contributed by atoms with Gasteiger partial charge >= 0.3 is 5.97 Å². The summed E-state index contributed by atoms with van der Waals surface area (Å²) in [4.78, 5) is 10.8. The van der Waals surface area contributed by atoms with E-state index in [4.69, 9.17) is 21.4 Å². The third-order valence-corrected chi connectivity index (χ3v) is 2.40. The number of halogens is 1. The van der Waals surface area contributed by atoms with E-state index in [9.17, 15) is 4.79 Å². The fourth-order valence-electron chi connectivity index (χ4n) is 1.43. The molecule has 4 heteroatoms. The zero-order chi connectivity index (χ0) is 10.8. The molecule has 0 spiro atoms. The van der Waals surface area contributed by atoms with Crippen LogP contribution in [0.15, 0.2) is 24.3 Å². The van der Waals surface area contributed by atoms with Gasteiger partial charge in [0.1, 0.15) is 5.75 Å². The average molecular weight is 225 g/mol. The highest BCUT2D eigenvalue weighted by Crippen LogP contribution is 2.28. The van der Waals surface area contributed by atoms with Crippen molar-refractivity contribution >= 4 is 23.6 Å². The van der Waals surface area contributed by atoms with Crippen LogP contribution in [-0.2, 0) is 4.79 Å². The van der Waals surface area contributed by atoms with Crippen LogP contribution in [0.5, 0.6) is 5.75 Å². The Morgan fingerprint density at radius 3 is 3.07 bits per heavy atom. The maximum absolute atomic E-state index is 10.8.